The summed E-state index contributed by atoms with van der Waals surface area (Å²) in [5, 5.41) is 14.7. The van der Waals surface area contributed by atoms with Crippen LogP contribution in [0.3, 0.4) is 0 Å². The van der Waals surface area contributed by atoms with Gasteiger partial charge in [-0.25, -0.2) is 0 Å². The first kappa shape index (κ1) is 19.9. The zero-order chi connectivity index (χ0) is 19.1. The van der Waals surface area contributed by atoms with Gasteiger partial charge in [0.1, 0.15) is 6.10 Å². The molecule has 1 aromatic rings. The van der Waals surface area contributed by atoms with Crippen molar-refractivity contribution in [3.05, 3.63) is 76.0 Å². The number of ether oxygens (including phenoxy) is 1. The minimum atomic E-state index is -0.417. The maximum absolute atomic E-state index is 11.1. The number of benzene rings is 1. The molecule has 26 heavy (non-hydrogen) atoms. The van der Waals surface area contributed by atoms with Gasteiger partial charge in [0.15, 0.2) is 0 Å². The molecule has 2 heterocycles. The number of hydrogen-bond donors (Lipinski definition) is 1. The van der Waals surface area contributed by atoms with Crippen molar-refractivity contribution in [1.29, 1.82) is 0 Å². The van der Waals surface area contributed by atoms with E-state index >= 15 is 0 Å². The standard InChI is InChI=1S/C19H22N2O3.C2H6/c1-3-13(11-15(4-2)21(22)23)19-18-12-14(9-10-24-19)16-7-5-6-8-17(16)20-18;1-2/h3-8,11,14,18-20H,2,9-10,12H2,1H3;1-2H3/b13-3+,15-11+;. The van der Waals surface area contributed by atoms with Gasteiger partial charge in [0, 0.05) is 24.4 Å². The van der Waals surface area contributed by atoms with Crippen molar-refractivity contribution in [1.82, 2.24) is 0 Å². The van der Waals surface area contributed by atoms with Crippen molar-refractivity contribution in [2.24, 2.45) is 0 Å². The third-order valence-corrected chi connectivity index (χ3v) is 4.81. The molecule has 1 fully saturated rings. The number of fused-ring (bicyclic) bond motifs is 4. The van der Waals surface area contributed by atoms with Crippen molar-refractivity contribution in [3.8, 4) is 0 Å². The highest BCUT2D eigenvalue weighted by Crippen LogP contribution is 2.40. The SMILES string of the molecule is C=C/C(=C\C(=C/C)C1OCCC2CC1Nc1ccccc12)[N+](=O)[O-].CC. The maximum Gasteiger partial charge on any atom is 0.269 e. The van der Waals surface area contributed by atoms with Crippen LogP contribution in [0.4, 0.5) is 5.69 Å². The average Bonchev–Trinajstić information content (AvgIpc) is 2.84. The van der Waals surface area contributed by atoms with Crippen LogP contribution in [0, 0.1) is 10.1 Å². The number of nitrogens with zero attached hydrogens (tertiary/aromatic N) is 1. The van der Waals surface area contributed by atoms with E-state index in [0.717, 1.165) is 24.1 Å². The fourth-order valence-corrected chi connectivity index (χ4v) is 3.62. The van der Waals surface area contributed by atoms with Gasteiger partial charge in [-0.15, -0.1) is 0 Å². The molecule has 0 saturated carbocycles. The van der Waals surface area contributed by atoms with Crippen molar-refractivity contribution >= 4 is 5.69 Å². The summed E-state index contributed by atoms with van der Waals surface area (Å²) < 4.78 is 6.09. The number of rotatable bonds is 4. The van der Waals surface area contributed by atoms with Crippen LogP contribution >= 0.6 is 0 Å². The highest BCUT2D eigenvalue weighted by atomic mass is 16.6. The van der Waals surface area contributed by atoms with E-state index in [9.17, 15) is 10.1 Å². The zero-order valence-corrected chi connectivity index (χ0v) is 15.8. The van der Waals surface area contributed by atoms with Crippen LogP contribution in [-0.2, 0) is 4.74 Å². The molecule has 1 N–H and O–H groups in total. The molecule has 3 unspecified atom stereocenters. The number of para-hydroxylation sites is 1. The van der Waals surface area contributed by atoms with Crippen molar-refractivity contribution < 1.29 is 9.66 Å². The summed E-state index contributed by atoms with van der Waals surface area (Å²) in [4.78, 5) is 10.7. The molecule has 2 aliphatic heterocycles. The van der Waals surface area contributed by atoms with Crippen molar-refractivity contribution in [2.45, 2.75) is 51.7 Å². The van der Waals surface area contributed by atoms with E-state index in [1.54, 1.807) is 6.08 Å². The van der Waals surface area contributed by atoms with Gasteiger partial charge in [-0.1, -0.05) is 44.7 Å². The van der Waals surface area contributed by atoms with Crippen molar-refractivity contribution in [3.63, 3.8) is 0 Å². The molecule has 1 aromatic carbocycles. The van der Waals surface area contributed by atoms with Gasteiger partial charge in [-0.3, -0.25) is 10.1 Å². The summed E-state index contributed by atoms with van der Waals surface area (Å²) in [6.07, 6.45) is 6.46. The predicted molar refractivity (Wildman–Crippen MR) is 106 cm³/mol. The molecular formula is C21H28N2O3. The molecule has 5 heteroatoms. The van der Waals surface area contributed by atoms with E-state index in [1.807, 2.05) is 32.9 Å². The van der Waals surface area contributed by atoms with Gasteiger partial charge in [0.05, 0.1) is 11.0 Å². The number of nitrogens with one attached hydrogen (secondary N) is 1. The van der Waals surface area contributed by atoms with Gasteiger partial charge in [-0.2, -0.15) is 0 Å². The van der Waals surface area contributed by atoms with Crippen LogP contribution in [0.2, 0.25) is 0 Å². The van der Waals surface area contributed by atoms with E-state index in [1.165, 1.54) is 11.6 Å². The lowest BCUT2D eigenvalue weighted by molar-refractivity contribution is -0.419. The molecule has 0 amide bonds. The van der Waals surface area contributed by atoms with Crippen LogP contribution in [0.1, 0.15) is 45.1 Å². The quantitative estimate of drug-likeness (QED) is 0.465. The molecule has 0 aliphatic carbocycles. The van der Waals surface area contributed by atoms with E-state index in [4.69, 9.17) is 4.74 Å². The summed E-state index contributed by atoms with van der Waals surface area (Å²) in [7, 11) is 0. The Morgan fingerprint density at radius 3 is 2.77 bits per heavy atom. The van der Waals surface area contributed by atoms with Crippen LogP contribution in [0.5, 0.6) is 0 Å². The largest absolute Gasteiger partial charge is 0.379 e. The Bertz CT molecular complexity index is 709. The summed E-state index contributed by atoms with van der Waals surface area (Å²) in [5.41, 5.74) is 3.29. The molecule has 1 saturated heterocycles. The Kier molecular flexibility index (Phi) is 7.16. The van der Waals surface area contributed by atoms with Gasteiger partial charge < -0.3 is 10.1 Å². The Morgan fingerprint density at radius 1 is 1.38 bits per heavy atom. The topological polar surface area (TPSA) is 64.4 Å². The first-order valence-corrected chi connectivity index (χ1v) is 9.25. The summed E-state index contributed by atoms with van der Waals surface area (Å²) in [5.74, 6) is 0.467. The van der Waals surface area contributed by atoms with Gasteiger partial charge >= 0.3 is 0 Å². The van der Waals surface area contributed by atoms with E-state index in [2.05, 4.69) is 30.1 Å². The molecule has 3 rings (SSSR count). The minimum Gasteiger partial charge on any atom is -0.379 e. The summed E-state index contributed by atoms with van der Waals surface area (Å²) in [6, 6.07) is 8.46. The lowest BCUT2D eigenvalue weighted by atomic mass is 9.83. The second-order valence-electron chi connectivity index (χ2n) is 6.17. The first-order valence-electron chi connectivity index (χ1n) is 9.25. The number of anilines is 1. The van der Waals surface area contributed by atoms with E-state index < -0.39 is 4.92 Å². The predicted octanol–water partition coefficient (Wildman–Crippen LogP) is 5.06. The fraction of sp³-hybridized carbons (Fsp3) is 0.429. The highest BCUT2D eigenvalue weighted by molar-refractivity contribution is 5.56. The Balaban J connectivity index is 0.00000117. The van der Waals surface area contributed by atoms with Crippen LogP contribution in [0.25, 0.3) is 0 Å². The third-order valence-electron chi connectivity index (χ3n) is 4.81. The zero-order valence-electron chi connectivity index (χ0n) is 15.8. The molecule has 2 aliphatic rings. The smallest absolute Gasteiger partial charge is 0.269 e. The average molecular weight is 356 g/mol. The minimum absolute atomic E-state index is 0.0105. The van der Waals surface area contributed by atoms with E-state index in [-0.39, 0.29) is 17.8 Å². The lowest BCUT2D eigenvalue weighted by Gasteiger charge is -2.34. The monoisotopic (exact) mass is 356 g/mol. The van der Waals surface area contributed by atoms with Crippen LogP contribution < -0.4 is 5.32 Å². The molecular weight excluding hydrogens is 328 g/mol. The molecule has 3 atom stereocenters. The Hall–Kier alpha value is -2.40. The molecule has 5 nitrogen and oxygen atoms in total. The molecule has 140 valence electrons. The van der Waals surface area contributed by atoms with Crippen molar-refractivity contribution in [2.75, 3.05) is 11.9 Å². The van der Waals surface area contributed by atoms with E-state index in [0.29, 0.717) is 12.5 Å². The first-order chi connectivity index (χ1) is 12.6. The van der Waals surface area contributed by atoms with Gasteiger partial charge in [0.2, 0.25) is 0 Å². The molecule has 2 bridgehead atoms. The third kappa shape index (κ3) is 4.22. The Morgan fingerprint density at radius 2 is 2.12 bits per heavy atom. The van der Waals surface area contributed by atoms with Crippen LogP contribution in [0.15, 0.2) is 60.3 Å². The summed E-state index contributed by atoms with van der Waals surface area (Å²) >= 11 is 0. The van der Waals surface area contributed by atoms with Gasteiger partial charge in [-0.05, 0) is 42.9 Å². The number of allylic oxidation sites excluding steroid dienone is 2. The molecule has 0 radical (unpaired) electrons. The second-order valence-corrected chi connectivity index (χ2v) is 6.17. The second kappa shape index (κ2) is 9.34. The lowest BCUT2D eigenvalue weighted by Crippen LogP contribution is -2.38. The summed E-state index contributed by atoms with van der Waals surface area (Å²) in [6.45, 7) is 10.1. The Labute approximate surface area is 155 Å². The molecule has 0 aromatic heterocycles. The molecule has 0 spiro atoms. The maximum atomic E-state index is 11.1. The highest BCUT2D eigenvalue weighted by Gasteiger charge is 2.36. The van der Waals surface area contributed by atoms with Crippen LogP contribution in [-0.4, -0.2) is 23.7 Å². The van der Waals surface area contributed by atoms with Gasteiger partial charge in [0.25, 0.3) is 5.70 Å². The normalized spacial score (nSPS) is 25.0. The number of hydrogen-bond acceptors (Lipinski definition) is 4. The fourth-order valence-electron chi connectivity index (χ4n) is 3.62. The number of nitro groups is 1.